The molecule has 24 heteroatoms. The van der Waals surface area contributed by atoms with Crippen LogP contribution in [0.4, 0.5) is 10.2 Å². The van der Waals surface area contributed by atoms with Crippen molar-refractivity contribution >= 4 is 51.0 Å². The first-order valence-electron chi connectivity index (χ1n) is 13.6. The number of fused-ring (bicyclic) bond motifs is 5. The molecule has 3 aliphatic heterocycles. The SMILES string of the molecule is [B][P@]1(=O)OCC2OC(n3cnc4c(N)ncnc43)C(F)C2OP(=O)(O)OCC2OC(n3cnc4c(=O)[nH]c(C)nc43)C(O1)C2OC. The van der Waals surface area contributed by atoms with Crippen molar-refractivity contribution in [1.82, 2.24) is 39.0 Å². The van der Waals surface area contributed by atoms with Gasteiger partial charge in [0.1, 0.15) is 48.2 Å². The highest BCUT2D eigenvalue weighted by atomic mass is 31.2. The van der Waals surface area contributed by atoms with Crippen molar-refractivity contribution in [2.45, 2.75) is 56.1 Å². The van der Waals surface area contributed by atoms with E-state index in [4.69, 9.17) is 45.6 Å². The van der Waals surface area contributed by atoms with Gasteiger partial charge < -0.3 is 38.9 Å². The maximum absolute atomic E-state index is 16.0. The Bertz CT molecular complexity index is 1960. The van der Waals surface area contributed by atoms with Crippen molar-refractivity contribution in [2.75, 3.05) is 26.1 Å². The number of nitrogen functional groups attached to an aromatic ring is 1. The van der Waals surface area contributed by atoms with E-state index in [1.54, 1.807) is 6.92 Å². The number of aromatic nitrogens is 8. The highest BCUT2D eigenvalue weighted by molar-refractivity contribution is 7.79. The Hall–Kier alpha value is -3.17. The molecule has 3 fully saturated rings. The molecule has 4 aromatic rings. The van der Waals surface area contributed by atoms with Crippen LogP contribution in [0.1, 0.15) is 18.3 Å². The molecule has 3 aliphatic rings. The lowest BCUT2D eigenvalue weighted by Crippen LogP contribution is -2.37. The van der Waals surface area contributed by atoms with E-state index in [-0.39, 0.29) is 34.0 Å². The normalized spacial score (nSPS) is 37.1. The summed E-state index contributed by atoms with van der Waals surface area (Å²) in [5.41, 5.74) is 5.63. The number of aryl methyl sites for hydroxylation is 1. The van der Waals surface area contributed by atoms with Crippen molar-refractivity contribution in [2.24, 2.45) is 0 Å². The van der Waals surface area contributed by atoms with Crippen molar-refractivity contribution in [3.8, 4) is 0 Å². The summed E-state index contributed by atoms with van der Waals surface area (Å²) < 4.78 is 84.4. The molecule has 9 unspecified atom stereocenters. The highest BCUT2D eigenvalue weighted by Gasteiger charge is 2.54. The third-order valence-electron chi connectivity index (χ3n) is 7.65. The maximum atomic E-state index is 16.0. The Morgan fingerprint density at radius 3 is 2.48 bits per heavy atom. The average molecular weight is 683 g/mol. The molecule has 2 bridgehead atoms. The van der Waals surface area contributed by atoms with E-state index in [0.29, 0.717) is 0 Å². The van der Waals surface area contributed by atoms with Crippen LogP contribution in [0.2, 0.25) is 0 Å². The standard InChI is InChI=1S/C22H25BFN9O11P2/c1-8-30-19-13(20(34)31-8)29-7-33(19)22-16-15(38-2)10(42-22)4-40-46(36,37)44-14-9(3-39-45(23,35)43-16)41-21(11(14)24)32-6-28-12-17(25)26-5-27-18(12)32/h5-7,9-11,14-16,21-22H,3-4H2,1-2H3,(H,36,37)(H2,25,26,27)(H,30,31,34)/t9?,10?,11?,14?,15?,16?,21?,22?,45-/m0/s1. The number of hydrogen-bond donors (Lipinski definition) is 3. The number of hydrogen-bond acceptors (Lipinski definition) is 16. The number of nitrogens with two attached hydrogens (primary N) is 1. The summed E-state index contributed by atoms with van der Waals surface area (Å²) in [7, 11) is -2.34. The van der Waals surface area contributed by atoms with Gasteiger partial charge in [-0.15, -0.1) is 0 Å². The van der Waals surface area contributed by atoms with Gasteiger partial charge in [-0.2, -0.15) is 0 Å². The number of alkyl halides is 1. The first kappa shape index (κ1) is 31.4. The second-order valence-electron chi connectivity index (χ2n) is 10.6. The summed E-state index contributed by atoms with van der Waals surface area (Å²) in [5, 5.41) is 0. The molecule has 0 spiro atoms. The van der Waals surface area contributed by atoms with E-state index in [1.807, 2.05) is 0 Å². The van der Waals surface area contributed by atoms with Crippen LogP contribution in [0.3, 0.4) is 0 Å². The zero-order valence-corrected chi connectivity index (χ0v) is 25.6. The van der Waals surface area contributed by atoms with Gasteiger partial charge in [0.05, 0.1) is 25.9 Å². The van der Waals surface area contributed by atoms with Crippen LogP contribution in [-0.4, -0.2) is 109 Å². The minimum atomic E-state index is -5.05. The largest absolute Gasteiger partial charge is 0.472 e. The molecule has 4 aromatic heterocycles. The molecule has 0 aromatic carbocycles. The molecule has 10 atom stereocenters. The number of nitrogens with zero attached hydrogens (tertiary/aromatic N) is 7. The number of phosphoric acid groups is 1. The number of phosphoric ester groups is 1. The molecule has 20 nitrogen and oxygen atoms in total. The van der Waals surface area contributed by atoms with Crippen molar-refractivity contribution in [1.29, 1.82) is 0 Å². The van der Waals surface area contributed by atoms with E-state index < -0.39 is 83.2 Å². The summed E-state index contributed by atoms with van der Waals surface area (Å²) >= 11 is 0. The fourth-order valence-corrected chi connectivity index (χ4v) is 7.58. The molecule has 3 saturated heterocycles. The van der Waals surface area contributed by atoms with Gasteiger partial charge in [0, 0.05) is 7.11 Å². The van der Waals surface area contributed by atoms with E-state index >= 15 is 4.39 Å². The Balaban J connectivity index is 1.22. The molecule has 0 aliphatic carbocycles. The molecule has 7 heterocycles. The van der Waals surface area contributed by atoms with Gasteiger partial charge in [-0.05, 0) is 6.92 Å². The van der Waals surface area contributed by atoms with Gasteiger partial charge >= 0.3 is 7.82 Å². The van der Waals surface area contributed by atoms with Crippen LogP contribution in [0, 0.1) is 6.92 Å². The molecule has 0 amide bonds. The van der Waals surface area contributed by atoms with Gasteiger partial charge in [0.15, 0.2) is 41.3 Å². The minimum absolute atomic E-state index is 0.0275. The van der Waals surface area contributed by atoms with Gasteiger partial charge in [-0.25, -0.2) is 33.9 Å². The zero-order valence-electron chi connectivity index (χ0n) is 23.9. The summed E-state index contributed by atoms with van der Waals surface area (Å²) in [4.78, 5) is 46.1. The lowest BCUT2D eigenvalue weighted by molar-refractivity contribution is -0.0631. The Kier molecular flexibility index (Phi) is 7.87. The summed E-state index contributed by atoms with van der Waals surface area (Å²) in [6, 6.07) is 0. The molecular formula is C22H25BFN9O11P2. The fraction of sp³-hybridized carbons (Fsp3) is 0.545. The molecule has 0 saturated carbocycles. The second-order valence-corrected chi connectivity index (χ2v) is 13.5. The highest BCUT2D eigenvalue weighted by Crippen LogP contribution is 2.54. The molecule has 2 radical (unpaired) electrons. The second kappa shape index (κ2) is 11.5. The van der Waals surface area contributed by atoms with E-state index in [1.165, 1.54) is 28.9 Å². The minimum Gasteiger partial charge on any atom is -0.382 e. The number of anilines is 1. The zero-order chi connectivity index (χ0) is 32.5. The quantitative estimate of drug-likeness (QED) is 0.192. The van der Waals surface area contributed by atoms with Gasteiger partial charge in [-0.3, -0.25) is 27.5 Å². The maximum Gasteiger partial charge on any atom is 0.472 e. The van der Waals surface area contributed by atoms with Gasteiger partial charge in [0.25, 0.3) is 13.0 Å². The number of aromatic amines is 1. The first-order chi connectivity index (χ1) is 21.9. The Morgan fingerprint density at radius 1 is 1.02 bits per heavy atom. The Morgan fingerprint density at radius 2 is 1.72 bits per heavy atom. The molecule has 46 heavy (non-hydrogen) atoms. The van der Waals surface area contributed by atoms with Crippen LogP contribution >= 0.6 is 15.3 Å². The lowest BCUT2D eigenvalue weighted by atomic mass is 10.1. The monoisotopic (exact) mass is 683 g/mol. The number of methoxy groups -OCH3 is 1. The lowest BCUT2D eigenvalue weighted by Gasteiger charge is -2.28. The van der Waals surface area contributed by atoms with Crippen LogP contribution in [0.15, 0.2) is 23.8 Å². The third-order valence-corrected chi connectivity index (χ3v) is 9.69. The summed E-state index contributed by atoms with van der Waals surface area (Å²) in [5.74, 6) is 0.293. The number of rotatable bonds is 3. The fourth-order valence-electron chi connectivity index (χ4n) is 5.65. The third kappa shape index (κ3) is 5.47. The van der Waals surface area contributed by atoms with E-state index in [0.717, 1.165) is 6.33 Å². The number of ether oxygens (including phenoxy) is 3. The number of H-pyrrole nitrogens is 1. The smallest absolute Gasteiger partial charge is 0.382 e. The van der Waals surface area contributed by atoms with E-state index in [9.17, 15) is 18.8 Å². The Labute approximate surface area is 258 Å². The predicted molar refractivity (Wildman–Crippen MR) is 151 cm³/mol. The van der Waals surface area contributed by atoms with E-state index in [2.05, 4.69) is 29.9 Å². The van der Waals surface area contributed by atoms with Crippen molar-refractivity contribution in [3.63, 3.8) is 0 Å². The molecule has 4 N–H and O–H groups in total. The predicted octanol–water partition coefficient (Wildman–Crippen LogP) is 0.192. The van der Waals surface area contributed by atoms with Crippen LogP contribution < -0.4 is 11.3 Å². The number of nitrogens with one attached hydrogen (secondary N) is 1. The average Bonchev–Trinajstić information content (AvgIpc) is 3.75. The van der Waals surface area contributed by atoms with Gasteiger partial charge in [0.2, 0.25) is 7.57 Å². The number of halogens is 1. The molecule has 7 rings (SSSR count). The van der Waals surface area contributed by atoms with Crippen LogP contribution in [0.5, 0.6) is 0 Å². The van der Waals surface area contributed by atoms with Crippen LogP contribution in [0.25, 0.3) is 22.3 Å². The first-order valence-corrected chi connectivity index (χ1v) is 16.7. The van der Waals surface area contributed by atoms with Crippen molar-refractivity contribution in [3.05, 3.63) is 35.2 Å². The van der Waals surface area contributed by atoms with Crippen LogP contribution in [-0.2, 0) is 41.4 Å². The van der Waals surface area contributed by atoms with Crippen molar-refractivity contribution < 1.29 is 50.7 Å². The number of imidazole rings is 2. The topological polar surface area (TPSA) is 252 Å². The summed E-state index contributed by atoms with van der Waals surface area (Å²) in [6.07, 6.45) is -8.24. The van der Waals surface area contributed by atoms with Gasteiger partial charge in [-0.1, -0.05) is 0 Å². The molecule has 244 valence electrons. The molecular weight excluding hydrogens is 658 g/mol. The summed E-state index contributed by atoms with van der Waals surface area (Å²) in [6.45, 7) is 0.167.